The zero-order chi connectivity index (χ0) is 16.1. The molecule has 0 unspecified atom stereocenters. The van der Waals surface area contributed by atoms with Gasteiger partial charge in [-0.05, 0) is 43.0 Å². The molecule has 0 fully saturated rings. The number of fused-ring (bicyclic) bond motifs is 1. The zero-order valence-electron chi connectivity index (χ0n) is 13.3. The maximum absolute atomic E-state index is 11.9. The Kier molecular flexibility index (Phi) is 4.81. The van der Waals surface area contributed by atoms with Crippen LogP contribution in [0.2, 0.25) is 0 Å². The van der Waals surface area contributed by atoms with Crippen molar-refractivity contribution in [3.63, 3.8) is 0 Å². The van der Waals surface area contributed by atoms with E-state index in [1.807, 2.05) is 18.2 Å². The number of amides is 1. The summed E-state index contributed by atoms with van der Waals surface area (Å²) in [5, 5.41) is 2.97. The third-order valence-corrected chi connectivity index (χ3v) is 3.93. The van der Waals surface area contributed by atoms with Crippen LogP contribution in [0.15, 0.2) is 42.5 Å². The van der Waals surface area contributed by atoms with Crippen LogP contribution in [-0.4, -0.2) is 19.2 Å². The van der Waals surface area contributed by atoms with Crippen LogP contribution in [-0.2, 0) is 17.6 Å². The highest BCUT2D eigenvalue weighted by Gasteiger charge is 2.13. The van der Waals surface area contributed by atoms with Crippen molar-refractivity contribution in [1.82, 2.24) is 5.32 Å². The molecule has 1 aliphatic heterocycles. The molecule has 0 saturated carbocycles. The second-order valence-electron chi connectivity index (χ2n) is 5.77. The second-order valence-corrected chi connectivity index (χ2v) is 5.77. The molecule has 1 amide bonds. The van der Waals surface area contributed by atoms with E-state index in [1.165, 1.54) is 11.1 Å². The van der Waals surface area contributed by atoms with Gasteiger partial charge in [0, 0.05) is 13.0 Å². The quantitative estimate of drug-likeness (QED) is 0.892. The minimum absolute atomic E-state index is 0.0785. The normalized spacial score (nSPS) is 12.2. The molecule has 0 saturated heterocycles. The van der Waals surface area contributed by atoms with Gasteiger partial charge in [0.2, 0.25) is 12.7 Å². The number of benzene rings is 2. The van der Waals surface area contributed by atoms with E-state index in [0.29, 0.717) is 19.4 Å². The van der Waals surface area contributed by atoms with Gasteiger partial charge in [0.25, 0.3) is 0 Å². The molecule has 4 nitrogen and oxygen atoms in total. The van der Waals surface area contributed by atoms with Gasteiger partial charge in [0.1, 0.15) is 0 Å². The molecule has 2 aromatic rings. The van der Waals surface area contributed by atoms with Crippen molar-refractivity contribution in [3.8, 4) is 11.5 Å². The zero-order valence-corrected chi connectivity index (χ0v) is 13.3. The van der Waals surface area contributed by atoms with Crippen molar-refractivity contribution in [2.45, 2.75) is 26.2 Å². The topological polar surface area (TPSA) is 47.6 Å². The molecule has 120 valence electrons. The van der Waals surface area contributed by atoms with Crippen LogP contribution in [0.25, 0.3) is 0 Å². The Morgan fingerprint density at radius 3 is 2.57 bits per heavy atom. The summed E-state index contributed by atoms with van der Waals surface area (Å²) in [6.07, 6.45) is 2.04. The molecule has 0 aromatic heterocycles. The lowest BCUT2D eigenvalue weighted by Gasteiger charge is -2.06. The van der Waals surface area contributed by atoms with E-state index in [-0.39, 0.29) is 12.7 Å². The fourth-order valence-corrected chi connectivity index (χ4v) is 2.54. The molecule has 1 heterocycles. The summed E-state index contributed by atoms with van der Waals surface area (Å²) in [7, 11) is 0. The molecule has 0 spiro atoms. The van der Waals surface area contributed by atoms with E-state index in [1.54, 1.807) is 0 Å². The molecule has 1 aliphatic rings. The van der Waals surface area contributed by atoms with Gasteiger partial charge in [0.15, 0.2) is 11.5 Å². The molecular formula is C19H21NO3. The first-order valence-electron chi connectivity index (χ1n) is 7.91. The highest BCUT2D eigenvalue weighted by Crippen LogP contribution is 2.32. The molecule has 0 bridgehead atoms. The molecule has 2 aromatic carbocycles. The van der Waals surface area contributed by atoms with Crippen LogP contribution in [0, 0.1) is 6.92 Å². The maximum Gasteiger partial charge on any atom is 0.231 e. The van der Waals surface area contributed by atoms with Gasteiger partial charge in [-0.3, -0.25) is 4.79 Å². The maximum atomic E-state index is 11.9. The van der Waals surface area contributed by atoms with Crippen molar-refractivity contribution in [3.05, 3.63) is 59.2 Å². The molecule has 0 radical (unpaired) electrons. The predicted octanol–water partition coefficient (Wildman–Crippen LogP) is 3.02. The number of rotatable bonds is 6. The lowest BCUT2D eigenvalue weighted by molar-refractivity contribution is -0.121. The highest BCUT2D eigenvalue weighted by atomic mass is 16.7. The van der Waals surface area contributed by atoms with Gasteiger partial charge in [0.05, 0.1) is 0 Å². The summed E-state index contributed by atoms with van der Waals surface area (Å²) < 4.78 is 10.6. The SMILES string of the molecule is Cc1ccc(CCNC(=O)CCc2ccc3c(c2)OCO3)cc1. The summed E-state index contributed by atoms with van der Waals surface area (Å²) in [5.74, 6) is 1.62. The Morgan fingerprint density at radius 2 is 1.74 bits per heavy atom. The first-order valence-corrected chi connectivity index (χ1v) is 7.91. The average molecular weight is 311 g/mol. The Hall–Kier alpha value is -2.49. The van der Waals surface area contributed by atoms with E-state index >= 15 is 0 Å². The number of nitrogens with one attached hydrogen (secondary N) is 1. The number of carbonyl (C=O) groups is 1. The summed E-state index contributed by atoms with van der Waals surface area (Å²) >= 11 is 0. The third kappa shape index (κ3) is 4.25. The van der Waals surface area contributed by atoms with Crippen LogP contribution < -0.4 is 14.8 Å². The van der Waals surface area contributed by atoms with E-state index in [4.69, 9.17) is 9.47 Å². The van der Waals surface area contributed by atoms with E-state index in [2.05, 4.69) is 36.5 Å². The van der Waals surface area contributed by atoms with Crippen LogP contribution in [0.3, 0.4) is 0 Å². The highest BCUT2D eigenvalue weighted by molar-refractivity contribution is 5.76. The van der Waals surface area contributed by atoms with Crippen LogP contribution in [0.1, 0.15) is 23.1 Å². The summed E-state index contributed by atoms with van der Waals surface area (Å²) in [4.78, 5) is 11.9. The molecular weight excluding hydrogens is 290 g/mol. The minimum Gasteiger partial charge on any atom is -0.454 e. The Morgan fingerprint density at radius 1 is 1.00 bits per heavy atom. The predicted molar refractivity (Wildman–Crippen MR) is 88.8 cm³/mol. The van der Waals surface area contributed by atoms with Crippen molar-refractivity contribution in [2.75, 3.05) is 13.3 Å². The van der Waals surface area contributed by atoms with Crippen molar-refractivity contribution >= 4 is 5.91 Å². The Labute approximate surface area is 136 Å². The fraction of sp³-hybridized carbons (Fsp3) is 0.316. The van der Waals surface area contributed by atoms with Crippen molar-refractivity contribution < 1.29 is 14.3 Å². The molecule has 0 atom stereocenters. The van der Waals surface area contributed by atoms with Gasteiger partial charge in [-0.1, -0.05) is 35.9 Å². The van der Waals surface area contributed by atoms with Crippen molar-refractivity contribution in [2.24, 2.45) is 0 Å². The molecule has 23 heavy (non-hydrogen) atoms. The number of ether oxygens (including phenoxy) is 2. The standard InChI is InChI=1S/C19H21NO3/c1-14-2-4-15(5-3-14)10-11-20-19(21)9-7-16-6-8-17-18(12-16)23-13-22-17/h2-6,8,12H,7,9-11,13H2,1H3,(H,20,21). The third-order valence-electron chi connectivity index (χ3n) is 3.93. The Balaban J connectivity index is 1.40. The van der Waals surface area contributed by atoms with E-state index < -0.39 is 0 Å². The van der Waals surface area contributed by atoms with Gasteiger partial charge in [-0.25, -0.2) is 0 Å². The average Bonchev–Trinajstić information content (AvgIpc) is 3.02. The lowest BCUT2D eigenvalue weighted by Crippen LogP contribution is -2.25. The van der Waals surface area contributed by atoms with E-state index in [9.17, 15) is 4.79 Å². The van der Waals surface area contributed by atoms with Gasteiger partial charge in [-0.15, -0.1) is 0 Å². The van der Waals surface area contributed by atoms with Gasteiger partial charge in [-0.2, -0.15) is 0 Å². The summed E-state index contributed by atoms with van der Waals surface area (Å²) in [6.45, 7) is 3.02. The largest absolute Gasteiger partial charge is 0.454 e. The summed E-state index contributed by atoms with van der Waals surface area (Å²) in [6, 6.07) is 14.2. The number of hydrogen-bond acceptors (Lipinski definition) is 3. The molecule has 3 rings (SSSR count). The second kappa shape index (κ2) is 7.18. The molecule has 1 N–H and O–H groups in total. The van der Waals surface area contributed by atoms with Crippen LogP contribution >= 0.6 is 0 Å². The number of carbonyl (C=O) groups excluding carboxylic acids is 1. The van der Waals surface area contributed by atoms with Crippen LogP contribution in [0.5, 0.6) is 11.5 Å². The van der Waals surface area contributed by atoms with Gasteiger partial charge >= 0.3 is 0 Å². The Bertz CT molecular complexity index is 680. The first kappa shape index (κ1) is 15.4. The first-order chi connectivity index (χ1) is 11.2. The molecule has 4 heteroatoms. The summed E-state index contributed by atoms with van der Waals surface area (Å²) in [5.41, 5.74) is 3.58. The number of aryl methyl sites for hydroxylation is 2. The minimum atomic E-state index is 0.0785. The smallest absolute Gasteiger partial charge is 0.231 e. The lowest BCUT2D eigenvalue weighted by atomic mass is 10.1. The van der Waals surface area contributed by atoms with Crippen molar-refractivity contribution in [1.29, 1.82) is 0 Å². The van der Waals surface area contributed by atoms with E-state index in [0.717, 1.165) is 23.5 Å². The van der Waals surface area contributed by atoms with Crippen LogP contribution in [0.4, 0.5) is 0 Å². The monoisotopic (exact) mass is 311 g/mol. The number of hydrogen-bond donors (Lipinski definition) is 1. The molecule has 0 aliphatic carbocycles. The fourth-order valence-electron chi connectivity index (χ4n) is 2.54. The van der Waals surface area contributed by atoms with Gasteiger partial charge < -0.3 is 14.8 Å².